The highest BCUT2D eigenvalue weighted by molar-refractivity contribution is 7.89. The van der Waals surface area contributed by atoms with Gasteiger partial charge in [-0.05, 0) is 36.2 Å². The maximum Gasteiger partial charge on any atom is 0.240 e. The average molecular weight is 321 g/mol. The molecule has 0 fully saturated rings. The third-order valence-electron chi connectivity index (χ3n) is 3.03. The minimum atomic E-state index is -3.62. The largest absolute Gasteiger partial charge is 0.389 e. The number of pyridine rings is 1. The van der Waals surface area contributed by atoms with Gasteiger partial charge in [-0.3, -0.25) is 4.98 Å². The molecule has 0 bridgehead atoms. The molecular weight excluding hydrogens is 306 g/mol. The Labute approximate surface area is 129 Å². The van der Waals surface area contributed by atoms with Gasteiger partial charge in [0.1, 0.15) is 4.99 Å². The van der Waals surface area contributed by atoms with Crippen molar-refractivity contribution in [2.75, 3.05) is 0 Å². The van der Waals surface area contributed by atoms with Crippen molar-refractivity contribution >= 4 is 27.2 Å². The van der Waals surface area contributed by atoms with Crippen molar-refractivity contribution in [1.29, 1.82) is 0 Å². The Bertz CT molecular complexity index is 773. The topological polar surface area (TPSA) is 85.1 Å². The van der Waals surface area contributed by atoms with Crippen molar-refractivity contribution in [2.24, 2.45) is 5.73 Å². The summed E-state index contributed by atoms with van der Waals surface area (Å²) < 4.78 is 27.1. The van der Waals surface area contributed by atoms with E-state index in [2.05, 4.69) is 9.71 Å². The molecule has 0 aliphatic rings. The SMILES string of the molecule is Cc1ccncc1CNS(=O)(=O)c1cccc(C(N)=S)c1. The lowest BCUT2D eigenvalue weighted by Crippen LogP contribution is -2.24. The molecule has 0 spiro atoms. The Morgan fingerprint density at radius 2 is 2.14 bits per heavy atom. The van der Waals surface area contributed by atoms with Crippen LogP contribution in [0.2, 0.25) is 0 Å². The molecule has 0 saturated heterocycles. The van der Waals surface area contributed by atoms with E-state index in [4.69, 9.17) is 18.0 Å². The predicted octanol–water partition coefficient (Wildman–Crippen LogP) is 1.50. The molecule has 0 aliphatic heterocycles. The van der Waals surface area contributed by atoms with E-state index < -0.39 is 10.0 Å². The Balaban J connectivity index is 2.21. The van der Waals surface area contributed by atoms with Gasteiger partial charge in [-0.15, -0.1) is 0 Å². The summed E-state index contributed by atoms with van der Waals surface area (Å²) in [5.41, 5.74) is 7.84. The Hall–Kier alpha value is -1.83. The second-order valence-corrected chi connectivity index (χ2v) is 6.73. The van der Waals surface area contributed by atoms with Crippen LogP contribution in [0.25, 0.3) is 0 Å². The van der Waals surface area contributed by atoms with E-state index in [-0.39, 0.29) is 16.4 Å². The monoisotopic (exact) mass is 321 g/mol. The smallest absolute Gasteiger partial charge is 0.240 e. The summed E-state index contributed by atoms with van der Waals surface area (Å²) in [6.07, 6.45) is 3.31. The minimum absolute atomic E-state index is 0.134. The molecule has 0 aliphatic carbocycles. The molecule has 3 N–H and O–H groups in total. The molecule has 0 saturated carbocycles. The van der Waals surface area contributed by atoms with Crippen LogP contribution in [0.4, 0.5) is 0 Å². The molecule has 0 atom stereocenters. The highest BCUT2D eigenvalue weighted by Gasteiger charge is 2.15. The summed E-state index contributed by atoms with van der Waals surface area (Å²) in [5.74, 6) is 0. The number of aryl methyl sites for hydroxylation is 1. The Morgan fingerprint density at radius 3 is 2.81 bits per heavy atom. The molecule has 2 aromatic rings. The normalized spacial score (nSPS) is 11.3. The third-order valence-corrected chi connectivity index (χ3v) is 4.66. The summed E-state index contributed by atoms with van der Waals surface area (Å²) in [6, 6.07) is 8.07. The zero-order valence-corrected chi connectivity index (χ0v) is 13.0. The van der Waals surface area contributed by atoms with E-state index in [1.807, 2.05) is 13.0 Å². The first-order chi connectivity index (χ1) is 9.90. The van der Waals surface area contributed by atoms with Crippen molar-refractivity contribution in [3.05, 3.63) is 59.4 Å². The zero-order valence-electron chi connectivity index (χ0n) is 11.4. The zero-order chi connectivity index (χ0) is 15.5. The lowest BCUT2D eigenvalue weighted by Gasteiger charge is -2.09. The molecular formula is C14H15N3O2S2. The van der Waals surface area contributed by atoms with Crippen molar-refractivity contribution < 1.29 is 8.42 Å². The van der Waals surface area contributed by atoms with Gasteiger partial charge < -0.3 is 5.73 Å². The number of thiocarbonyl (C=S) groups is 1. The molecule has 7 heteroatoms. The van der Waals surface area contributed by atoms with E-state index in [1.54, 1.807) is 24.5 Å². The standard InChI is InChI=1S/C14H15N3O2S2/c1-10-5-6-16-8-12(10)9-17-21(18,19)13-4-2-3-11(7-13)14(15)20/h2-8,17H,9H2,1H3,(H2,15,20). The first kappa shape index (κ1) is 15.6. The molecule has 1 aromatic carbocycles. The van der Waals surface area contributed by atoms with Gasteiger partial charge >= 0.3 is 0 Å². The second-order valence-electron chi connectivity index (χ2n) is 4.52. The maximum atomic E-state index is 12.3. The molecule has 2 rings (SSSR count). The summed E-state index contributed by atoms with van der Waals surface area (Å²) in [4.78, 5) is 4.28. The van der Waals surface area contributed by atoms with Crippen LogP contribution < -0.4 is 10.5 Å². The summed E-state index contributed by atoms with van der Waals surface area (Å²) in [6.45, 7) is 2.08. The third kappa shape index (κ3) is 3.84. The van der Waals surface area contributed by atoms with Crippen molar-refractivity contribution in [3.8, 4) is 0 Å². The fourth-order valence-corrected chi connectivity index (χ4v) is 2.93. The lowest BCUT2D eigenvalue weighted by atomic mass is 10.2. The predicted molar refractivity (Wildman–Crippen MR) is 85.3 cm³/mol. The maximum absolute atomic E-state index is 12.3. The number of hydrogen-bond donors (Lipinski definition) is 2. The molecule has 1 heterocycles. The quantitative estimate of drug-likeness (QED) is 0.815. The number of sulfonamides is 1. The summed E-state index contributed by atoms with van der Waals surface area (Å²) in [5, 5.41) is 0. The fourth-order valence-electron chi connectivity index (χ4n) is 1.75. The molecule has 21 heavy (non-hydrogen) atoms. The molecule has 0 unspecified atom stereocenters. The van der Waals surface area contributed by atoms with Crippen molar-refractivity contribution in [2.45, 2.75) is 18.4 Å². The van der Waals surface area contributed by atoms with Crippen LogP contribution in [0.1, 0.15) is 16.7 Å². The first-order valence-corrected chi connectivity index (χ1v) is 8.08. The van der Waals surface area contributed by atoms with Gasteiger partial charge in [0, 0.05) is 24.5 Å². The molecule has 5 nitrogen and oxygen atoms in total. The van der Waals surface area contributed by atoms with Gasteiger partial charge in [0.2, 0.25) is 10.0 Å². The Kier molecular flexibility index (Phi) is 4.66. The van der Waals surface area contributed by atoms with Gasteiger partial charge in [0.15, 0.2) is 0 Å². The van der Waals surface area contributed by atoms with Crippen LogP contribution >= 0.6 is 12.2 Å². The Morgan fingerprint density at radius 1 is 1.38 bits per heavy atom. The first-order valence-electron chi connectivity index (χ1n) is 6.19. The van der Waals surface area contributed by atoms with E-state index in [0.29, 0.717) is 5.56 Å². The van der Waals surface area contributed by atoms with E-state index in [9.17, 15) is 8.42 Å². The molecule has 0 radical (unpaired) electrons. The summed E-state index contributed by atoms with van der Waals surface area (Å²) in [7, 11) is -3.62. The number of aromatic nitrogens is 1. The molecule has 110 valence electrons. The van der Waals surface area contributed by atoms with Crippen LogP contribution in [-0.4, -0.2) is 18.4 Å². The number of nitrogens with two attached hydrogens (primary N) is 1. The van der Waals surface area contributed by atoms with Gasteiger partial charge in [-0.1, -0.05) is 24.4 Å². The average Bonchev–Trinajstić information content (AvgIpc) is 2.46. The summed E-state index contributed by atoms with van der Waals surface area (Å²) >= 11 is 4.86. The van der Waals surface area contributed by atoms with Crippen molar-refractivity contribution in [3.63, 3.8) is 0 Å². The highest BCUT2D eigenvalue weighted by Crippen LogP contribution is 2.13. The highest BCUT2D eigenvalue weighted by atomic mass is 32.2. The van der Waals surface area contributed by atoms with E-state index >= 15 is 0 Å². The number of rotatable bonds is 5. The van der Waals surface area contributed by atoms with Crippen LogP contribution in [0, 0.1) is 6.92 Å². The number of nitrogens with zero attached hydrogens (tertiary/aromatic N) is 1. The van der Waals surface area contributed by atoms with Crippen LogP contribution in [0.3, 0.4) is 0 Å². The van der Waals surface area contributed by atoms with E-state index in [1.165, 1.54) is 12.1 Å². The number of nitrogens with one attached hydrogen (secondary N) is 1. The van der Waals surface area contributed by atoms with Gasteiger partial charge in [0.05, 0.1) is 4.90 Å². The van der Waals surface area contributed by atoms with Crippen LogP contribution in [0.5, 0.6) is 0 Å². The van der Waals surface area contributed by atoms with Crippen molar-refractivity contribution in [1.82, 2.24) is 9.71 Å². The second kappa shape index (κ2) is 6.30. The number of hydrogen-bond acceptors (Lipinski definition) is 4. The van der Waals surface area contributed by atoms with Gasteiger partial charge in [0.25, 0.3) is 0 Å². The van der Waals surface area contributed by atoms with Crippen LogP contribution in [0.15, 0.2) is 47.6 Å². The number of benzene rings is 1. The molecule has 0 amide bonds. The molecule has 1 aromatic heterocycles. The fraction of sp³-hybridized carbons (Fsp3) is 0.143. The lowest BCUT2D eigenvalue weighted by molar-refractivity contribution is 0.581. The minimum Gasteiger partial charge on any atom is -0.389 e. The van der Waals surface area contributed by atoms with E-state index in [0.717, 1.165) is 11.1 Å². The van der Waals surface area contributed by atoms with Gasteiger partial charge in [-0.2, -0.15) is 0 Å². The van der Waals surface area contributed by atoms with Crippen LogP contribution in [-0.2, 0) is 16.6 Å². The van der Waals surface area contributed by atoms with Gasteiger partial charge in [-0.25, -0.2) is 13.1 Å².